The Labute approximate surface area is 78.1 Å². The molecule has 13 heavy (non-hydrogen) atoms. The van der Waals surface area contributed by atoms with E-state index in [1.807, 2.05) is 10.9 Å². The van der Waals surface area contributed by atoms with Gasteiger partial charge in [0.15, 0.2) is 0 Å². The largest absolute Gasteiger partial charge is 0.330 e. The van der Waals surface area contributed by atoms with Crippen molar-refractivity contribution in [3.8, 4) is 0 Å². The Hall–Kier alpha value is -0.870. The van der Waals surface area contributed by atoms with E-state index in [1.54, 1.807) is 0 Å². The highest BCUT2D eigenvalue weighted by Gasteiger charge is 2.15. The van der Waals surface area contributed by atoms with E-state index in [1.165, 1.54) is 18.4 Å². The average Bonchev–Trinajstić information content (AvgIpc) is 2.70. The van der Waals surface area contributed by atoms with Crippen LogP contribution in [0.4, 0.5) is 0 Å². The average molecular weight is 180 g/mol. The topological polar surface area (TPSA) is 55.9 Å². The maximum Gasteiger partial charge on any atom is 0.101 e. The molecule has 1 aromatic rings. The van der Waals surface area contributed by atoms with E-state index >= 15 is 0 Å². The molecule has 0 amide bonds. The lowest BCUT2D eigenvalue weighted by Crippen LogP contribution is -2.20. The molecule has 0 bridgehead atoms. The summed E-state index contributed by atoms with van der Waals surface area (Å²) < 4.78 is 2.01. The summed E-state index contributed by atoms with van der Waals surface area (Å²) in [6, 6.07) is 0. The SMILES string of the molecule is NCCc1cnn(C2CCCN2)c1. The quantitative estimate of drug-likeness (QED) is 0.702. The Balaban J connectivity index is 2.03. The zero-order chi connectivity index (χ0) is 9.10. The van der Waals surface area contributed by atoms with Crippen molar-refractivity contribution in [2.75, 3.05) is 13.1 Å². The molecule has 72 valence electrons. The number of nitrogens with zero attached hydrogens (tertiary/aromatic N) is 2. The predicted molar refractivity (Wildman–Crippen MR) is 51.3 cm³/mol. The van der Waals surface area contributed by atoms with Crippen LogP contribution in [-0.4, -0.2) is 22.9 Å². The van der Waals surface area contributed by atoms with E-state index in [9.17, 15) is 0 Å². The summed E-state index contributed by atoms with van der Waals surface area (Å²) in [5.74, 6) is 0. The van der Waals surface area contributed by atoms with E-state index in [-0.39, 0.29) is 0 Å². The van der Waals surface area contributed by atoms with E-state index in [0.29, 0.717) is 12.7 Å². The third-order valence-electron chi connectivity index (χ3n) is 2.44. The van der Waals surface area contributed by atoms with Crippen LogP contribution in [0.15, 0.2) is 12.4 Å². The Morgan fingerprint density at radius 2 is 2.62 bits per heavy atom. The number of nitrogens with two attached hydrogens (primary N) is 1. The van der Waals surface area contributed by atoms with Crippen LogP contribution in [0.5, 0.6) is 0 Å². The minimum atomic E-state index is 0.409. The predicted octanol–water partition coefficient (Wildman–Crippen LogP) is 0.266. The zero-order valence-corrected chi connectivity index (χ0v) is 7.74. The van der Waals surface area contributed by atoms with E-state index < -0.39 is 0 Å². The van der Waals surface area contributed by atoms with Crippen molar-refractivity contribution < 1.29 is 0 Å². The third kappa shape index (κ3) is 1.89. The van der Waals surface area contributed by atoms with Crippen LogP contribution < -0.4 is 11.1 Å². The number of rotatable bonds is 3. The second-order valence-corrected chi connectivity index (χ2v) is 3.48. The summed E-state index contributed by atoms with van der Waals surface area (Å²) in [4.78, 5) is 0. The Morgan fingerprint density at radius 3 is 3.31 bits per heavy atom. The van der Waals surface area contributed by atoms with Gasteiger partial charge in [0.2, 0.25) is 0 Å². The van der Waals surface area contributed by atoms with Gasteiger partial charge in [0.1, 0.15) is 6.17 Å². The third-order valence-corrected chi connectivity index (χ3v) is 2.44. The van der Waals surface area contributed by atoms with E-state index in [2.05, 4.69) is 16.6 Å². The van der Waals surface area contributed by atoms with Crippen molar-refractivity contribution in [1.82, 2.24) is 15.1 Å². The molecule has 0 spiro atoms. The maximum absolute atomic E-state index is 5.47. The van der Waals surface area contributed by atoms with Crippen LogP contribution in [0.3, 0.4) is 0 Å². The monoisotopic (exact) mass is 180 g/mol. The Kier molecular flexibility index (Phi) is 2.61. The lowest BCUT2D eigenvalue weighted by molar-refractivity contribution is 0.424. The number of nitrogens with one attached hydrogen (secondary N) is 1. The fraction of sp³-hybridized carbons (Fsp3) is 0.667. The summed E-state index contributed by atoms with van der Waals surface area (Å²) in [6.45, 7) is 1.81. The fourth-order valence-corrected chi connectivity index (χ4v) is 1.74. The minimum absolute atomic E-state index is 0.409. The lowest BCUT2D eigenvalue weighted by Gasteiger charge is -2.09. The van der Waals surface area contributed by atoms with Gasteiger partial charge in [-0.1, -0.05) is 0 Å². The van der Waals surface area contributed by atoms with Crippen molar-refractivity contribution in [2.24, 2.45) is 5.73 Å². The van der Waals surface area contributed by atoms with Crippen LogP contribution in [0.2, 0.25) is 0 Å². The molecule has 2 rings (SSSR count). The smallest absolute Gasteiger partial charge is 0.101 e. The molecule has 1 saturated heterocycles. The van der Waals surface area contributed by atoms with Gasteiger partial charge < -0.3 is 5.73 Å². The highest BCUT2D eigenvalue weighted by molar-refractivity contribution is 5.05. The molecule has 0 saturated carbocycles. The van der Waals surface area contributed by atoms with Crippen molar-refractivity contribution in [3.63, 3.8) is 0 Å². The van der Waals surface area contributed by atoms with Crippen molar-refractivity contribution >= 4 is 0 Å². The molecule has 3 N–H and O–H groups in total. The first-order chi connectivity index (χ1) is 6.40. The highest BCUT2D eigenvalue weighted by atomic mass is 15.4. The number of hydrogen-bond donors (Lipinski definition) is 2. The molecule has 0 aliphatic carbocycles. The molecule has 1 fully saturated rings. The Morgan fingerprint density at radius 1 is 1.69 bits per heavy atom. The lowest BCUT2D eigenvalue weighted by atomic mass is 10.2. The maximum atomic E-state index is 5.47. The van der Waals surface area contributed by atoms with E-state index in [0.717, 1.165) is 13.0 Å². The van der Waals surface area contributed by atoms with Gasteiger partial charge in [-0.2, -0.15) is 5.10 Å². The molecule has 1 atom stereocenters. The van der Waals surface area contributed by atoms with Crippen LogP contribution in [0.25, 0.3) is 0 Å². The van der Waals surface area contributed by atoms with Crippen molar-refractivity contribution in [2.45, 2.75) is 25.4 Å². The van der Waals surface area contributed by atoms with Gasteiger partial charge in [-0.05, 0) is 37.9 Å². The standard InChI is InChI=1S/C9H16N4/c10-4-3-8-6-12-13(7-8)9-2-1-5-11-9/h6-7,9,11H,1-5,10H2. The van der Waals surface area contributed by atoms with Gasteiger partial charge in [0, 0.05) is 6.20 Å². The van der Waals surface area contributed by atoms with Gasteiger partial charge in [-0.3, -0.25) is 10.00 Å². The van der Waals surface area contributed by atoms with Crippen LogP contribution in [0.1, 0.15) is 24.6 Å². The van der Waals surface area contributed by atoms with Gasteiger partial charge in [0.25, 0.3) is 0 Å². The molecule has 4 heteroatoms. The molecule has 0 aromatic carbocycles. The van der Waals surface area contributed by atoms with E-state index in [4.69, 9.17) is 5.73 Å². The molecule has 0 radical (unpaired) electrons. The first-order valence-electron chi connectivity index (χ1n) is 4.86. The van der Waals surface area contributed by atoms with Crippen molar-refractivity contribution in [3.05, 3.63) is 18.0 Å². The summed E-state index contributed by atoms with van der Waals surface area (Å²) in [7, 11) is 0. The second kappa shape index (κ2) is 3.89. The fourth-order valence-electron chi connectivity index (χ4n) is 1.74. The number of hydrogen-bond acceptors (Lipinski definition) is 3. The molecule has 1 unspecified atom stereocenters. The molecule has 4 nitrogen and oxygen atoms in total. The zero-order valence-electron chi connectivity index (χ0n) is 7.74. The van der Waals surface area contributed by atoms with Crippen molar-refractivity contribution in [1.29, 1.82) is 0 Å². The van der Waals surface area contributed by atoms with Crippen LogP contribution in [-0.2, 0) is 6.42 Å². The molecule has 1 aliphatic heterocycles. The van der Waals surface area contributed by atoms with Gasteiger partial charge >= 0.3 is 0 Å². The summed E-state index contributed by atoms with van der Waals surface area (Å²) in [6.07, 6.45) is 7.77. The van der Waals surface area contributed by atoms with Crippen LogP contribution in [0, 0.1) is 0 Å². The molecule has 1 aliphatic rings. The minimum Gasteiger partial charge on any atom is -0.330 e. The molecule has 2 heterocycles. The summed E-state index contributed by atoms with van der Waals surface area (Å²) in [5.41, 5.74) is 6.70. The normalized spacial score (nSPS) is 22.4. The summed E-state index contributed by atoms with van der Waals surface area (Å²) in [5, 5.41) is 7.71. The Bertz CT molecular complexity index is 262. The van der Waals surface area contributed by atoms with Gasteiger partial charge in [0.05, 0.1) is 6.20 Å². The first kappa shape index (κ1) is 8.72. The van der Waals surface area contributed by atoms with Crippen LogP contribution >= 0.6 is 0 Å². The molecule has 1 aromatic heterocycles. The highest BCUT2D eigenvalue weighted by Crippen LogP contribution is 2.15. The molecular weight excluding hydrogens is 164 g/mol. The second-order valence-electron chi connectivity index (χ2n) is 3.48. The van der Waals surface area contributed by atoms with Gasteiger partial charge in [-0.15, -0.1) is 0 Å². The summed E-state index contributed by atoms with van der Waals surface area (Å²) >= 11 is 0. The first-order valence-corrected chi connectivity index (χ1v) is 4.86. The van der Waals surface area contributed by atoms with Gasteiger partial charge in [-0.25, -0.2) is 0 Å². The number of aromatic nitrogens is 2. The molecular formula is C9H16N4.